The van der Waals surface area contributed by atoms with Crippen molar-refractivity contribution < 1.29 is 9.53 Å². The summed E-state index contributed by atoms with van der Waals surface area (Å²) in [6.45, 7) is 3.94. The fraction of sp³-hybridized carbons (Fsp3) is 0.345. The molecule has 2 atom stereocenters. The smallest absolute Gasteiger partial charge is 0.269 e. The number of halogens is 2. The second-order valence-corrected chi connectivity index (χ2v) is 11.4. The van der Waals surface area contributed by atoms with Crippen molar-refractivity contribution in [2.45, 2.75) is 37.9 Å². The van der Waals surface area contributed by atoms with Crippen LogP contribution in [0.3, 0.4) is 0 Å². The SMILES string of the molecule is COc1nc(N(C)C)ncc1C1(C#N)CC2=C(C(c3ccc(Cl)cc3)N(c3cc(Cl)c(=O)n(C)c3)C2=O)N1C(C)C. The van der Waals surface area contributed by atoms with E-state index in [1.807, 2.05) is 45.0 Å². The summed E-state index contributed by atoms with van der Waals surface area (Å²) < 4.78 is 7.02. The number of rotatable bonds is 6. The van der Waals surface area contributed by atoms with Crippen LogP contribution in [0.25, 0.3) is 0 Å². The lowest BCUT2D eigenvalue weighted by Crippen LogP contribution is -2.48. The van der Waals surface area contributed by atoms with Gasteiger partial charge in [0.2, 0.25) is 11.8 Å². The molecule has 212 valence electrons. The molecule has 0 radical (unpaired) electrons. The number of aromatic nitrogens is 3. The van der Waals surface area contributed by atoms with E-state index in [-0.39, 0.29) is 34.8 Å². The molecule has 2 aliphatic heterocycles. The molecule has 1 aromatic carbocycles. The van der Waals surface area contributed by atoms with Gasteiger partial charge >= 0.3 is 0 Å². The maximum absolute atomic E-state index is 14.4. The molecule has 2 unspecified atom stereocenters. The van der Waals surface area contributed by atoms with Crippen molar-refractivity contribution in [1.82, 2.24) is 19.4 Å². The van der Waals surface area contributed by atoms with Crippen LogP contribution < -0.4 is 20.1 Å². The zero-order valence-corrected chi connectivity index (χ0v) is 25.0. The van der Waals surface area contributed by atoms with Crippen molar-refractivity contribution in [2.75, 3.05) is 31.0 Å². The maximum atomic E-state index is 14.4. The van der Waals surface area contributed by atoms with Crippen LogP contribution in [0, 0.1) is 11.3 Å². The van der Waals surface area contributed by atoms with Gasteiger partial charge in [-0.05, 0) is 37.6 Å². The highest BCUT2D eigenvalue weighted by atomic mass is 35.5. The zero-order valence-electron chi connectivity index (χ0n) is 23.5. The van der Waals surface area contributed by atoms with Crippen LogP contribution in [0.4, 0.5) is 11.6 Å². The molecule has 1 amide bonds. The predicted molar refractivity (Wildman–Crippen MR) is 157 cm³/mol. The average molecular weight is 595 g/mol. The Labute approximate surface area is 248 Å². The number of aryl methyl sites for hydroxylation is 1. The molecule has 2 aliphatic rings. The summed E-state index contributed by atoms with van der Waals surface area (Å²) in [6.07, 6.45) is 3.27. The molecule has 10 nitrogen and oxygen atoms in total. The highest BCUT2D eigenvalue weighted by molar-refractivity contribution is 6.31. The summed E-state index contributed by atoms with van der Waals surface area (Å²) in [6, 6.07) is 10.4. The minimum atomic E-state index is -1.32. The molecule has 0 aliphatic carbocycles. The molecular weight excluding hydrogens is 565 g/mol. The highest BCUT2D eigenvalue weighted by Gasteiger charge is 2.58. The largest absolute Gasteiger partial charge is 0.481 e. The number of methoxy groups -OCH3 is 1. The number of carbonyl (C=O) groups excluding carboxylic acids is 1. The Balaban J connectivity index is 1.74. The topological polar surface area (TPSA) is 108 Å². The standard InChI is InChI=1S/C29H29Cl2N7O3/c1-16(2)38-24-20(12-29(38,15-32)21-13-33-28(35(3)4)34-25(21)41-6)26(39)37(19-11-22(31)27(40)36(5)14-19)23(24)17-7-9-18(30)10-8-17/h7-11,13-14,16,23H,12H2,1-6H3. The first kappa shape index (κ1) is 28.5. The van der Waals surface area contributed by atoms with Gasteiger partial charge in [-0.25, -0.2) is 4.98 Å². The van der Waals surface area contributed by atoms with E-state index in [0.717, 1.165) is 5.56 Å². The first-order valence-electron chi connectivity index (χ1n) is 12.9. The summed E-state index contributed by atoms with van der Waals surface area (Å²) in [7, 11) is 6.72. The third-order valence-corrected chi connectivity index (χ3v) is 8.00. The molecule has 4 heterocycles. The van der Waals surface area contributed by atoms with E-state index in [4.69, 9.17) is 27.9 Å². The molecule has 3 aromatic rings. The zero-order chi connectivity index (χ0) is 29.8. The number of hydrogen-bond donors (Lipinski definition) is 0. The molecule has 0 saturated carbocycles. The maximum Gasteiger partial charge on any atom is 0.269 e. The Kier molecular flexibility index (Phi) is 7.22. The highest BCUT2D eigenvalue weighted by Crippen LogP contribution is 2.56. The van der Waals surface area contributed by atoms with E-state index in [9.17, 15) is 14.9 Å². The van der Waals surface area contributed by atoms with Crippen LogP contribution in [-0.4, -0.2) is 52.6 Å². The van der Waals surface area contributed by atoms with Crippen molar-refractivity contribution in [1.29, 1.82) is 5.26 Å². The van der Waals surface area contributed by atoms with Crippen LogP contribution in [-0.2, 0) is 17.4 Å². The molecule has 41 heavy (non-hydrogen) atoms. The van der Waals surface area contributed by atoms with Crippen LogP contribution in [0.1, 0.15) is 37.4 Å². The van der Waals surface area contributed by atoms with E-state index in [1.165, 1.54) is 17.7 Å². The van der Waals surface area contributed by atoms with Crippen LogP contribution in [0.15, 0.2) is 58.8 Å². The lowest BCUT2D eigenvalue weighted by Gasteiger charge is -2.43. The first-order valence-corrected chi connectivity index (χ1v) is 13.7. The minimum Gasteiger partial charge on any atom is -0.481 e. The van der Waals surface area contributed by atoms with Gasteiger partial charge in [-0.3, -0.25) is 14.5 Å². The molecule has 0 N–H and O–H groups in total. The number of pyridine rings is 1. The fourth-order valence-corrected chi connectivity index (χ4v) is 6.13. The van der Waals surface area contributed by atoms with Crippen molar-refractivity contribution >= 4 is 40.7 Å². The molecule has 2 aromatic heterocycles. The molecule has 5 rings (SSSR count). The van der Waals surface area contributed by atoms with E-state index in [2.05, 4.69) is 16.0 Å². The third kappa shape index (κ3) is 4.40. The van der Waals surface area contributed by atoms with Crippen molar-refractivity contribution in [3.8, 4) is 11.9 Å². The number of carbonyl (C=O) groups is 1. The summed E-state index contributed by atoms with van der Waals surface area (Å²) in [5, 5.41) is 11.4. The van der Waals surface area contributed by atoms with Gasteiger partial charge < -0.3 is 19.1 Å². The van der Waals surface area contributed by atoms with Crippen LogP contribution >= 0.6 is 23.2 Å². The third-order valence-electron chi connectivity index (χ3n) is 7.48. The predicted octanol–water partition coefficient (Wildman–Crippen LogP) is 4.43. The van der Waals surface area contributed by atoms with Crippen LogP contribution in [0.2, 0.25) is 10.0 Å². The quantitative estimate of drug-likeness (QED) is 0.413. The Morgan fingerprint density at radius 1 is 1.20 bits per heavy atom. The van der Waals surface area contributed by atoms with E-state index in [1.54, 1.807) is 41.4 Å². The number of nitriles is 1. The van der Waals surface area contributed by atoms with Gasteiger partial charge in [-0.1, -0.05) is 35.3 Å². The van der Waals surface area contributed by atoms with Gasteiger partial charge in [0.15, 0.2) is 5.54 Å². The molecule has 12 heteroatoms. The van der Waals surface area contributed by atoms with E-state index < -0.39 is 11.6 Å². The summed E-state index contributed by atoms with van der Waals surface area (Å²) in [4.78, 5) is 41.1. The van der Waals surface area contributed by atoms with Gasteiger partial charge in [-0.2, -0.15) is 10.2 Å². The van der Waals surface area contributed by atoms with Gasteiger partial charge in [-0.15, -0.1) is 0 Å². The molecule has 0 spiro atoms. The average Bonchev–Trinajstić information content (AvgIpc) is 3.43. The van der Waals surface area contributed by atoms with Gasteiger partial charge in [0.1, 0.15) is 11.1 Å². The lowest BCUT2D eigenvalue weighted by atomic mass is 9.86. The first-order chi connectivity index (χ1) is 19.4. The second kappa shape index (κ2) is 10.4. The number of amides is 1. The Hall–Kier alpha value is -4.07. The number of hydrogen-bond acceptors (Lipinski definition) is 8. The number of benzene rings is 1. The number of nitrogens with zero attached hydrogens (tertiary/aromatic N) is 7. The van der Waals surface area contributed by atoms with Gasteiger partial charge in [0.05, 0.1) is 30.1 Å². The summed E-state index contributed by atoms with van der Waals surface area (Å²) in [5.74, 6) is 0.401. The number of anilines is 2. The second-order valence-electron chi connectivity index (χ2n) is 10.6. The van der Waals surface area contributed by atoms with Crippen molar-refractivity contribution in [2.24, 2.45) is 7.05 Å². The Morgan fingerprint density at radius 3 is 2.44 bits per heavy atom. The van der Waals surface area contributed by atoms with Crippen molar-refractivity contribution in [3.05, 3.63) is 85.5 Å². The summed E-state index contributed by atoms with van der Waals surface area (Å²) in [5.41, 5.74) is 1.17. The molecular formula is C29H29Cl2N7O3. The molecule has 0 saturated heterocycles. The van der Waals surface area contributed by atoms with E-state index in [0.29, 0.717) is 33.5 Å². The van der Waals surface area contributed by atoms with E-state index >= 15 is 0 Å². The lowest BCUT2D eigenvalue weighted by molar-refractivity contribution is -0.115. The minimum absolute atomic E-state index is 0.00494. The van der Waals surface area contributed by atoms with Gasteiger partial charge in [0, 0.05) is 56.6 Å². The Morgan fingerprint density at radius 2 is 1.88 bits per heavy atom. The summed E-state index contributed by atoms with van der Waals surface area (Å²) >= 11 is 12.5. The number of ether oxygens (including phenoxy) is 1. The van der Waals surface area contributed by atoms with Gasteiger partial charge in [0.25, 0.3) is 11.5 Å². The molecule has 0 bridgehead atoms. The Bertz CT molecular complexity index is 1650. The monoisotopic (exact) mass is 593 g/mol. The van der Waals surface area contributed by atoms with Crippen LogP contribution in [0.5, 0.6) is 5.88 Å². The van der Waals surface area contributed by atoms with Crippen molar-refractivity contribution in [3.63, 3.8) is 0 Å². The molecule has 0 fully saturated rings. The fourth-order valence-electron chi connectivity index (χ4n) is 5.76. The normalized spacial score (nSPS) is 20.1.